The van der Waals surface area contributed by atoms with Gasteiger partial charge >= 0.3 is 0 Å². The Labute approximate surface area is 142 Å². The summed E-state index contributed by atoms with van der Waals surface area (Å²) in [6.45, 7) is 6.05. The molecule has 0 radical (unpaired) electrons. The first-order valence-electron chi connectivity index (χ1n) is 6.54. The number of anilines is 2. The third kappa shape index (κ3) is 3.36. The van der Waals surface area contributed by atoms with Crippen molar-refractivity contribution in [1.82, 2.24) is 15.0 Å². The molecular weight excluding hydrogens is 368 g/mol. The zero-order valence-corrected chi connectivity index (χ0v) is 14.8. The van der Waals surface area contributed by atoms with Crippen molar-refractivity contribution < 1.29 is 0 Å². The van der Waals surface area contributed by atoms with E-state index in [1.165, 1.54) is 0 Å². The van der Waals surface area contributed by atoms with E-state index in [4.69, 9.17) is 22.7 Å². The first-order chi connectivity index (χ1) is 10.3. The highest BCUT2D eigenvalue weighted by Crippen LogP contribution is 2.25. The molecule has 116 valence electrons. The van der Waals surface area contributed by atoms with Gasteiger partial charge in [-0.2, -0.15) is 4.98 Å². The van der Waals surface area contributed by atoms with Crippen LogP contribution in [0.2, 0.25) is 5.15 Å². The van der Waals surface area contributed by atoms with Gasteiger partial charge in [0.15, 0.2) is 0 Å². The molecule has 0 saturated carbocycles. The molecule has 4 N–H and O–H groups in total. The molecule has 0 aromatic carbocycles. The van der Waals surface area contributed by atoms with Gasteiger partial charge in [0, 0.05) is 16.4 Å². The molecule has 0 spiro atoms. The molecule has 2 rings (SSSR count). The van der Waals surface area contributed by atoms with E-state index < -0.39 is 0 Å². The van der Waals surface area contributed by atoms with Gasteiger partial charge in [-0.25, -0.2) is 4.98 Å². The minimum atomic E-state index is 0.0623. The number of halogens is 2. The van der Waals surface area contributed by atoms with Gasteiger partial charge in [-0.15, -0.1) is 0 Å². The Balaban J connectivity index is 2.33. The monoisotopic (exact) mass is 382 g/mol. The maximum absolute atomic E-state index is 7.81. The van der Waals surface area contributed by atoms with Crippen LogP contribution in [0.15, 0.2) is 10.7 Å². The van der Waals surface area contributed by atoms with Gasteiger partial charge in [-0.1, -0.05) is 27.5 Å². The SMILES string of the molecule is CC(=N)c1c(Cl)nc(N)nc1NCc1ncc(C)c(Br)c1C. The highest BCUT2D eigenvalue weighted by molar-refractivity contribution is 9.10. The number of nitrogens with zero attached hydrogens (tertiary/aromatic N) is 3. The summed E-state index contributed by atoms with van der Waals surface area (Å²) in [5.74, 6) is 0.496. The molecule has 0 bridgehead atoms. The molecule has 0 unspecified atom stereocenters. The number of nitrogens with two attached hydrogens (primary N) is 1. The maximum Gasteiger partial charge on any atom is 0.223 e. The molecular formula is C14H16BrClN6. The Morgan fingerprint density at radius 3 is 2.73 bits per heavy atom. The number of nitrogen functional groups attached to an aromatic ring is 1. The molecule has 8 heteroatoms. The normalized spacial score (nSPS) is 10.6. The van der Waals surface area contributed by atoms with Crippen molar-refractivity contribution >= 4 is 45.0 Å². The fraction of sp³-hybridized carbons (Fsp3) is 0.286. The predicted molar refractivity (Wildman–Crippen MR) is 92.7 cm³/mol. The second-order valence-corrected chi connectivity index (χ2v) is 6.05. The summed E-state index contributed by atoms with van der Waals surface area (Å²) in [5, 5.41) is 11.1. The van der Waals surface area contributed by atoms with E-state index in [0.29, 0.717) is 17.9 Å². The molecule has 0 amide bonds. The Hall–Kier alpha value is -1.73. The average molecular weight is 384 g/mol. The summed E-state index contributed by atoms with van der Waals surface area (Å²) in [4.78, 5) is 12.4. The van der Waals surface area contributed by atoms with Crippen LogP contribution in [-0.4, -0.2) is 20.7 Å². The van der Waals surface area contributed by atoms with Gasteiger partial charge in [0.1, 0.15) is 11.0 Å². The highest BCUT2D eigenvalue weighted by atomic mass is 79.9. The van der Waals surface area contributed by atoms with Gasteiger partial charge in [0.25, 0.3) is 0 Å². The molecule has 2 aromatic heterocycles. The van der Waals surface area contributed by atoms with Gasteiger partial charge in [0.05, 0.1) is 17.8 Å². The molecule has 6 nitrogen and oxygen atoms in total. The smallest absolute Gasteiger partial charge is 0.223 e. The standard InChI is InChI=1S/C14H16BrClN6/c1-6-4-19-9(7(2)11(6)15)5-20-13-10(8(3)17)12(16)21-14(18)22-13/h4,17H,5H2,1-3H3,(H3,18,20,21,22). The molecule has 0 atom stereocenters. The van der Waals surface area contributed by atoms with Crippen molar-refractivity contribution in [3.05, 3.63) is 38.2 Å². The first kappa shape index (κ1) is 16.6. The molecule has 2 heterocycles. The van der Waals surface area contributed by atoms with Crippen LogP contribution in [0.3, 0.4) is 0 Å². The van der Waals surface area contributed by atoms with E-state index in [2.05, 4.69) is 36.2 Å². The van der Waals surface area contributed by atoms with Crippen molar-refractivity contribution in [3.8, 4) is 0 Å². The second-order valence-electron chi connectivity index (χ2n) is 4.90. The van der Waals surface area contributed by atoms with E-state index in [0.717, 1.165) is 21.3 Å². The van der Waals surface area contributed by atoms with E-state index in [-0.39, 0.29) is 16.8 Å². The Kier molecular flexibility index (Phi) is 4.97. The average Bonchev–Trinajstić information content (AvgIpc) is 2.42. The Morgan fingerprint density at radius 1 is 1.41 bits per heavy atom. The van der Waals surface area contributed by atoms with Crippen molar-refractivity contribution in [3.63, 3.8) is 0 Å². The van der Waals surface area contributed by atoms with Crippen molar-refractivity contribution in [2.75, 3.05) is 11.1 Å². The summed E-state index contributed by atoms with van der Waals surface area (Å²) < 4.78 is 1.03. The zero-order valence-electron chi connectivity index (χ0n) is 12.5. The Bertz CT molecular complexity index is 747. The van der Waals surface area contributed by atoms with E-state index in [1.807, 2.05) is 13.8 Å². The fourth-order valence-electron chi connectivity index (χ4n) is 2.01. The van der Waals surface area contributed by atoms with Gasteiger partial charge in [-0.05, 0) is 31.9 Å². The molecule has 2 aromatic rings. The van der Waals surface area contributed by atoms with E-state index in [1.54, 1.807) is 13.1 Å². The third-order valence-electron chi connectivity index (χ3n) is 3.20. The minimum Gasteiger partial charge on any atom is -0.368 e. The minimum absolute atomic E-state index is 0.0623. The van der Waals surface area contributed by atoms with Crippen LogP contribution in [0.5, 0.6) is 0 Å². The summed E-state index contributed by atoms with van der Waals surface area (Å²) >= 11 is 9.60. The van der Waals surface area contributed by atoms with Crippen molar-refractivity contribution in [1.29, 1.82) is 5.41 Å². The van der Waals surface area contributed by atoms with E-state index in [9.17, 15) is 0 Å². The summed E-state index contributed by atoms with van der Waals surface area (Å²) in [6.07, 6.45) is 1.80. The van der Waals surface area contributed by atoms with Crippen molar-refractivity contribution in [2.45, 2.75) is 27.3 Å². The number of pyridine rings is 1. The van der Waals surface area contributed by atoms with Crippen LogP contribution < -0.4 is 11.1 Å². The predicted octanol–water partition coefficient (Wildman–Crippen LogP) is 3.49. The van der Waals surface area contributed by atoms with Crippen LogP contribution in [0.25, 0.3) is 0 Å². The number of rotatable bonds is 4. The number of hydrogen-bond acceptors (Lipinski definition) is 6. The van der Waals surface area contributed by atoms with Gasteiger partial charge < -0.3 is 16.5 Å². The molecule has 0 fully saturated rings. The number of nitrogens with one attached hydrogen (secondary N) is 2. The first-order valence-corrected chi connectivity index (χ1v) is 7.71. The van der Waals surface area contributed by atoms with Crippen molar-refractivity contribution in [2.24, 2.45) is 0 Å². The van der Waals surface area contributed by atoms with Gasteiger partial charge in [-0.3, -0.25) is 4.98 Å². The molecule has 22 heavy (non-hydrogen) atoms. The lowest BCUT2D eigenvalue weighted by Crippen LogP contribution is -2.12. The molecule has 0 aliphatic rings. The largest absolute Gasteiger partial charge is 0.368 e. The van der Waals surface area contributed by atoms with Crippen LogP contribution in [0.4, 0.5) is 11.8 Å². The highest BCUT2D eigenvalue weighted by Gasteiger charge is 2.15. The number of aryl methyl sites for hydroxylation is 1. The molecule has 0 aliphatic heterocycles. The maximum atomic E-state index is 7.81. The lowest BCUT2D eigenvalue weighted by Gasteiger charge is -2.14. The Morgan fingerprint density at radius 2 is 2.09 bits per heavy atom. The van der Waals surface area contributed by atoms with Crippen LogP contribution in [0.1, 0.15) is 29.3 Å². The van der Waals surface area contributed by atoms with Crippen LogP contribution in [-0.2, 0) is 6.54 Å². The summed E-state index contributed by atoms with van der Waals surface area (Å²) in [5.41, 5.74) is 9.34. The number of hydrogen-bond donors (Lipinski definition) is 3. The molecule has 0 saturated heterocycles. The lowest BCUT2D eigenvalue weighted by atomic mass is 10.1. The third-order valence-corrected chi connectivity index (χ3v) is 4.70. The zero-order chi connectivity index (χ0) is 16.4. The molecule has 0 aliphatic carbocycles. The quantitative estimate of drug-likeness (QED) is 0.554. The summed E-state index contributed by atoms with van der Waals surface area (Å²) in [6, 6.07) is 0. The van der Waals surface area contributed by atoms with Crippen LogP contribution in [0, 0.1) is 19.3 Å². The lowest BCUT2D eigenvalue weighted by molar-refractivity contribution is 0.985. The topological polar surface area (TPSA) is 101 Å². The second kappa shape index (κ2) is 6.58. The van der Waals surface area contributed by atoms with Crippen LogP contribution >= 0.6 is 27.5 Å². The fourth-order valence-corrected chi connectivity index (χ4v) is 2.66. The summed E-state index contributed by atoms with van der Waals surface area (Å²) in [7, 11) is 0. The number of aromatic nitrogens is 3. The van der Waals surface area contributed by atoms with Gasteiger partial charge in [0.2, 0.25) is 5.95 Å². The van der Waals surface area contributed by atoms with E-state index >= 15 is 0 Å².